The first-order chi connectivity index (χ1) is 4.18. The van der Waals surface area contributed by atoms with Crippen LogP contribution in [0.25, 0.3) is 10.4 Å². The fourth-order valence-electron chi connectivity index (χ4n) is 0.159. The van der Waals surface area contributed by atoms with Crippen molar-refractivity contribution in [3.63, 3.8) is 0 Å². The minimum absolute atomic E-state index is 1.24. The molecule has 0 unspecified atom stereocenters. The molecule has 0 atom stereocenters. The molecule has 0 aliphatic carbocycles. The van der Waals surface area contributed by atoms with Crippen LogP contribution in [0.4, 0.5) is 0 Å². The molecule has 0 spiro atoms. The van der Waals surface area contributed by atoms with Crippen molar-refractivity contribution in [1.29, 1.82) is 10.5 Å². The van der Waals surface area contributed by atoms with Gasteiger partial charge in [0.05, 0.1) is 12.1 Å². The zero-order valence-corrected chi connectivity index (χ0v) is 4.74. The summed E-state index contributed by atoms with van der Waals surface area (Å²) in [7, 11) is 0. The number of hydrogen-bond donors (Lipinski definition) is 0. The maximum atomic E-state index is 8.18. The van der Waals surface area contributed by atoms with Crippen LogP contribution in [0, 0.1) is 22.7 Å². The van der Waals surface area contributed by atoms with E-state index in [1.165, 1.54) is 6.92 Å². The summed E-state index contributed by atoms with van der Waals surface area (Å²) in [5, 5.41) is 19.3. The molecule has 0 heterocycles. The summed E-state index contributed by atoms with van der Waals surface area (Å²) in [6.45, 7) is 1.24. The lowest BCUT2D eigenvalue weighted by Crippen LogP contribution is -2.13. The van der Waals surface area contributed by atoms with Gasteiger partial charge >= 0.3 is 0 Å². The fourth-order valence-corrected chi connectivity index (χ4v) is 0.159. The van der Waals surface area contributed by atoms with Crippen molar-refractivity contribution in [2.24, 2.45) is 5.11 Å². The van der Waals surface area contributed by atoms with Gasteiger partial charge in [-0.05, 0) is 12.5 Å². The van der Waals surface area contributed by atoms with Crippen LogP contribution in [0.3, 0.4) is 0 Å². The Bertz CT molecular complexity index is 208. The monoisotopic (exact) mass is 121 g/mol. The zero-order valence-electron chi connectivity index (χ0n) is 4.74. The summed E-state index contributed by atoms with van der Waals surface area (Å²) in [6, 6.07) is 3.10. The molecule has 5 heteroatoms. The summed E-state index contributed by atoms with van der Waals surface area (Å²) < 4.78 is 0. The van der Waals surface area contributed by atoms with E-state index in [4.69, 9.17) is 16.1 Å². The van der Waals surface area contributed by atoms with Crippen molar-refractivity contribution in [3.05, 3.63) is 10.4 Å². The van der Waals surface area contributed by atoms with Crippen molar-refractivity contribution in [2.45, 2.75) is 12.5 Å². The van der Waals surface area contributed by atoms with Gasteiger partial charge in [0.25, 0.3) is 0 Å². The second-order valence-electron chi connectivity index (χ2n) is 1.49. The molecule has 44 valence electrons. The number of nitriles is 2. The fraction of sp³-hybridized carbons (Fsp3) is 0.500. The molecule has 0 aromatic carbocycles. The van der Waals surface area contributed by atoms with Crippen LogP contribution in [0.2, 0.25) is 0 Å². The van der Waals surface area contributed by atoms with Crippen molar-refractivity contribution in [2.75, 3.05) is 0 Å². The Morgan fingerprint density at radius 3 is 2.11 bits per heavy atom. The average molecular weight is 121 g/mol. The normalized spacial score (nSPS) is 8.33. The van der Waals surface area contributed by atoms with Crippen molar-refractivity contribution in [1.82, 2.24) is 0 Å². The van der Waals surface area contributed by atoms with Crippen molar-refractivity contribution >= 4 is 0 Å². The highest BCUT2D eigenvalue weighted by Crippen LogP contribution is 2.05. The Labute approximate surface area is 51.8 Å². The zero-order chi connectivity index (χ0) is 7.33. The van der Waals surface area contributed by atoms with Crippen LogP contribution < -0.4 is 0 Å². The first-order valence-electron chi connectivity index (χ1n) is 2.07. The van der Waals surface area contributed by atoms with Crippen LogP contribution >= 0.6 is 0 Å². The Hall–Kier alpha value is -1.71. The molecule has 0 saturated carbocycles. The highest BCUT2D eigenvalue weighted by atomic mass is 15.2. The molecule has 0 saturated heterocycles. The van der Waals surface area contributed by atoms with Gasteiger partial charge in [-0.15, -0.1) is 0 Å². The molecule has 0 N–H and O–H groups in total. The third-order valence-corrected chi connectivity index (χ3v) is 0.680. The molecule has 0 aromatic heterocycles. The summed E-state index contributed by atoms with van der Waals surface area (Å²) in [6.07, 6.45) is 0. The van der Waals surface area contributed by atoms with Gasteiger partial charge in [0, 0.05) is 4.91 Å². The number of azide groups is 1. The molecule has 0 aromatic rings. The van der Waals surface area contributed by atoms with Crippen molar-refractivity contribution in [3.8, 4) is 12.1 Å². The molecule has 0 aliphatic heterocycles. The summed E-state index contributed by atoms with van der Waals surface area (Å²) in [5.74, 6) is 0. The highest BCUT2D eigenvalue weighted by Gasteiger charge is 2.19. The molecule has 0 amide bonds. The van der Waals surface area contributed by atoms with Crippen LogP contribution in [0.15, 0.2) is 5.11 Å². The van der Waals surface area contributed by atoms with E-state index in [0.29, 0.717) is 0 Å². The summed E-state index contributed by atoms with van der Waals surface area (Å²) in [5.41, 5.74) is 6.27. The van der Waals surface area contributed by atoms with Gasteiger partial charge in [-0.1, -0.05) is 5.11 Å². The van der Waals surface area contributed by atoms with Gasteiger partial charge in [0.1, 0.15) is 0 Å². The van der Waals surface area contributed by atoms with E-state index in [0.717, 1.165) is 0 Å². The second-order valence-corrected chi connectivity index (χ2v) is 1.49. The quantitative estimate of drug-likeness (QED) is 0.295. The number of hydrogen-bond acceptors (Lipinski definition) is 3. The van der Waals surface area contributed by atoms with Gasteiger partial charge in [-0.25, -0.2) is 0 Å². The number of nitrogens with zero attached hydrogens (tertiary/aromatic N) is 5. The van der Waals surface area contributed by atoms with E-state index in [-0.39, 0.29) is 0 Å². The van der Waals surface area contributed by atoms with E-state index >= 15 is 0 Å². The smallest absolute Gasteiger partial charge is 0.196 e. The van der Waals surface area contributed by atoms with Gasteiger partial charge in [-0.2, -0.15) is 10.5 Å². The highest BCUT2D eigenvalue weighted by molar-refractivity contribution is 5.19. The Morgan fingerprint density at radius 1 is 1.56 bits per heavy atom. The Balaban J connectivity index is 4.59. The lowest BCUT2D eigenvalue weighted by Gasteiger charge is -1.97. The van der Waals surface area contributed by atoms with Crippen molar-refractivity contribution < 1.29 is 0 Å². The lowest BCUT2D eigenvalue weighted by molar-refractivity contribution is 0.758. The first kappa shape index (κ1) is 7.29. The van der Waals surface area contributed by atoms with E-state index < -0.39 is 5.54 Å². The molecule has 5 nitrogen and oxygen atoms in total. The maximum absolute atomic E-state index is 8.18. The predicted octanol–water partition coefficient (Wildman–Crippen LogP) is 1.10. The predicted molar refractivity (Wildman–Crippen MR) is 28.8 cm³/mol. The van der Waals surface area contributed by atoms with Gasteiger partial charge in [0.2, 0.25) is 5.54 Å². The minimum atomic E-state index is -1.55. The number of rotatable bonds is 1. The second kappa shape index (κ2) is 2.56. The van der Waals surface area contributed by atoms with E-state index in [1.807, 2.05) is 0 Å². The third kappa shape index (κ3) is 1.68. The van der Waals surface area contributed by atoms with E-state index in [1.54, 1.807) is 12.1 Å². The largest absolute Gasteiger partial charge is 0.218 e. The summed E-state index contributed by atoms with van der Waals surface area (Å²) in [4.78, 5) is 2.33. The molecular formula is C4H3N5. The third-order valence-electron chi connectivity index (χ3n) is 0.680. The average Bonchev–Trinajstić information content (AvgIpc) is 1.89. The summed E-state index contributed by atoms with van der Waals surface area (Å²) >= 11 is 0. The molecule has 0 fully saturated rings. The Kier molecular flexibility index (Phi) is 2.07. The molecule has 9 heavy (non-hydrogen) atoms. The van der Waals surface area contributed by atoms with Crippen LogP contribution in [0.5, 0.6) is 0 Å². The SMILES string of the molecule is CC(C#N)(C#N)N=[N+]=[N-]. The lowest BCUT2D eigenvalue weighted by atomic mass is 10.1. The molecule has 0 bridgehead atoms. The van der Waals surface area contributed by atoms with Gasteiger partial charge in [-0.3, -0.25) is 0 Å². The molecular weight excluding hydrogens is 118 g/mol. The standard InChI is InChI=1S/C4H3N5/c1-4(2-5,3-6)8-9-7/h1H3. The van der Waals surface area contributed by atoms with E-state index in [2.05, 4.69) is 10.0 Å². The topological polar surface area (TPSA) is 96.3 Å². The maximum Gasteiger partial charge on any atom is 0.218 e. The minimum Gasteiger partial charge on any atom is -0.196 e. The first-order valence-corrected chi connectivity index (χ1v) is 2.07. The van der Waals surface area contributed by atoms with Gasteiger partial charge in [0.15, 0.2) is 0 Å². The molecule has 0 radical (unpaired) electrons. The van der Waals surface area contributed by atoms with E-state index in [9.17, 15) is 0 Å². The van der Waals surface area contributed by atoms with Gasteiger partial charge < -0.3 is 0 Å². The van der Waals surface area contributed by atoms with Crippen LogP contribution in [-0.2, 0) is 0 Å². The molecule has 0 rings (SSSR count). The van der Waals surface area contributed by atoms with Crippen LogP contribution in [-0.4, -0.2) is 5.54 Å². The molecule has 0 aliphatic rings. The Morgan fingerprint density at radius 2 is 2.00 bits per heavy atom. The van der Waals surface area contributed by atoms with Crippen LogP contribution in [0.1, 0.15) is 6.92 Å².